The van der Waals surface area contributed by atoms with Crippen molar-refractivity contribution in [2.75, 3.05) is 30.8 Å². The van der Waals surface area contributed by atoms with Crippen molar-refractivity contribution in [1.82, 2.24) is 4.98 Å². The molecule has 0 atom stereocenters. The lowest BCUT2D eigenvalue weighted by Gasteiger charge is -2.38. The maximum absolute atomic E-state index is 13.2. The zero-order valence-electron chi connectivity index (χ0n) is 17.1. The quantitative estimate of drug-likeness (QED) is 0.497. The van der Waals surface area contributed by atoms with Crippen molar-refractivity contribution >= 4 is 54.6 Å². The number of hydrogen-bond acceptors (Lipinski definition) is 6. The van der Waals surface area contributed by atoms with E-state index in [4.69, 9.17) is 11.6 Å². The van der Waals surface area contributed by atoms with Gasteiger partial charge in [-0.15, -0.1) is 11.3 Å². The van der Waals surface area contributed by atoms with E-state index in [2.05, 4.69) is 10.3 Å². The molecule has 1 N–H and O–H groups in total. The maximum atomic E-state index is 13.2. The van der Waals surface area contributed by atoms with E-state index in [1.54, 1.807) is 42.6 Å². The van der Waals surface area contributed by atoms with Gasteiger partial charge in [0.2, 0.25) is 0 Å². The van der Waals surface area contributed by atoms with Crippen molar-refractivity contribution in [3.8, 4) is 0 Å². The predicted octanol–water partition coefficient (Wildman–Crippen LogP) is 4.71. The molecule has 6 nitrogen and oxygen atoms in total. The summed E-state index contributed by atoms with van der Waals surface area (Å²) in [5.41, 5.74) is 0. The number of quaternary nitrogens is 1. The monoisotopic (exact) mass is 478 g/mol. The Bertz CT molecular complexity index is 1170. The first-order valence-electron chi connectivity index (χ1n) is 10.3. The van der Waals surface area contributed by atoms with Gasteiger partial charge in [0.25, 0.3) is 0 Å². The van der Waals surface area contributed by atoms with Gasteiger partial charge in [-0.05, 0) is 54.3 Å². The third-order valence-electron chi connectivity index (χ3n) is 5.88. The van der Waals surface area contributed by atoms with Gasteiger partial charge in [-0.2, -0.15) is 0 Å². The first kappa shape index (κ1) is 22.2. The summed E-state index contributed by atoms with van der Waals surface area (Å²) >= 11 is 7.50. The molecule has 1 aromatic heterocycles. The number of nitrogens with zero attached hydrogens (tertiary/aromatic N) is 2. The molecule has 0 aliphatic carbocycles. The number of aromatic nitrogens is 1. The highest BCUT2D eigenvalue weighted by Crippen LogP contribution is 2.25. The molecule has 9 heteroatoms. The average molecular weight is 479 g/mol. The van der Waals surface area contributed by atoms with E-state index in [1.165, 1.54) is 11.3 Å². The zero-order valence-corrected chi connectivity index (χ0v) is 19.5. The topological polar surface area (TPSA) is 76.1 Å². The van der Waals surface area contributed by atoms with Crippen LogP contribution in [0, 0.1) is 0 Å². The first-order valence-corrected chi connectivity index (χ1v) is 13.2. The molecule has 164 valence electrons. The Hall–Kier alpha value is -2.00. The van der Waals surface area contributed by atoms with Crippen LogP contribution in [-0.4, -0.2) is 49.3 Å². The predicted molar refractivity (Wildman–Crippen MR) is 125 cm³/mol. The van der Waals surface area contributed by atoms with Crippen LogP contribution in [0.3, 0.4) is 0 Å². The van der Waals surface area contributed by atoms with Gasteiger partial charge in [-0.1, -0.05) is 23.7 Å². The van der Waals surface area contributed by atoms with E-state index in [0.29, 0.717) is 11.7 Å². The Labute approximate surface area is 191 Å². The molecular weight excluding hydrogens is 454 g/mol. The van der Waals surface area contributed by atoms with Gasteiger partial charge in [-0.25, -0.2) is 22.7 Å². The molecule has 0 bridgehead atoms. The molecular formula is C22H25ClN3O3S2+. The van der Waals surface area contributed by atoms with E-state index in [0.717, 1.165) is 48.3 Å². The number of hydrogen-bond donors (Lipinski definition) is 1. The third kappa shape index (κ3) is 5.09. The van der Waals surface area contributed by atoms with E-state index in [-0.39, 0.29) is 27.5 Å². The van der Waals surface area contributed by atoms with Crippen molar-refractivity contribution in [3.63, 3.8) is 0 Å². The summed E-state index contributed by atoms with van der Waals surface area (Å²) in [5, 5.41) is 8.23. The van der Waals surface area contributed by atoms with Crippen LogP contribution in [0.4, 0.5) is 5.13 Å². The smallest absolute Gasteiger partial charge is 0.314 e. The van der Waals surface area contributed by atoms with Crippen LogP contribution in [0.2, 0.25) is 5.02 Å². The molecule has 1 saturated heterocycles. The minimum absolute atomic E-state index is 0.000533. The van der Waals surface area contributed by atoms with Crippen molar-refractivity contribution < 1.29 is 17.7 Å². The van der Waals surface area contributed by atoms with Crippen LogP contribution < -0.4 is 5.32 Å². The summed E-state index contributed by atoms with van der Waals surface area (Å²) in [6.07, 6.45) is 4.75. The highest BCUT2D eigenvalue weighted by atomic mass is 35.5. The molecule has 2 aromatic carbocycles. The Morgan fingerprint density at radius 1 is 1.10 bits per heavy atom. The fourth-order valence-electron chi connectivity index (χ4n) is 4.11. The number of likely N-dealkylation sites (tertiary alicyclic amines) is 1. The number of piperidine rings is 1. The SMILES string of the molecule is O=C(CCS(=O)(=O)c1ccc2cc(Cl)ccc2c1)[N+]1(CNc2nccs2)CCCCC1. The molecule has 0 spiro atoms. The summed E-state index contributed by atoms with van der Waals surface area (Å²) in [6, 6.07) is 10.3. The minimum atomic E-state index is -3.58. The fraction of sp³-hybridized carbons (Fsp3) is 0.364. The second-order valence-corrected chi connectivity index (χ2v) is 11.4. The Morgan fingerprint density at radius 3 is 2.58 bits per heavy atom. The number of sulfone groups is 1. The number of anilines is 1. The summed E-state index contributed by atoms with van der Waals surface area (Å²) in [7, 11) is -3.58. The molecule has 1 aliphatic heterocycles. The van der Waals surface area contributed by atoms with Crippen molar-refractivity contribution in [2.24, 2.45) is 0 Å². The first-order chi connectivity index (χ1) is 14.9. The summed E-state index contributed by atoms with van der Waals surface area (Å²) in [5.74, 6) is -0.220. The van der Waals surface area contributed by atoms with Crippen LogP contribution in [0.25, 0.3) is 10.8 Å². The molecule has 1 amide bonds. The number of benzene rings is 2. The Balaban J connectivity index is 1.47. The van der Waals surface area contributed by atoms with Crippen LogP contribution in [0.15, 0.2) is 52.9 Å². The van der Waals surface area contributed by atoms with E-state index in [9.17, 15) is 13.2 Å². The lowest BCUT2D eigenvalue weighted by Crippen LogP contribution is -2.58. The lowest BCUT2D eigenvalue weighted by molar-refractivity contribution is -0.856. The molecule has 1 fully saturated rings. The van der Waals surface area contributed by atoms with Gasteiger partial charge in [0.1, 0.15) is 0 Å². The largest absolute Gasteiger partial charge is 0.316 e. The van der Waals surface area contributed by atoms with Gasteiger partial charge in [0, 0.05) is 16.6 Å². The zero-order chi connectivity index (χ0) is 21.9. The molecule has 31 heavy (non-hydrogen) atoms. The number of fused-ring (bicyclic) bond motifs is 1. The van der Waals surface area contributed by atoms with E-state index >= 15 is 0 Å². The van der Waals surface area contributed by atoms with Crippen molar-refractivity contribution in [3.05, 3.63) is 53.0 Å². The molecule has 1 aliphatic rings. The highest BCUT2D eigenvalue weighted by molar-refractivity contribution is 7.91. The normalized spacial score (nSPS) is 16.3. The van der Waals surface area contributed by atoms with Crippen molar-refractivity contribution in [2.45, 2.75) is 30.6 Å². The standard InChI is InChI=1S/C22H25ClN3O3S2/c23-19-6-4-18-15-20(7-5-17(18)14-19)31(28,29)13-8-21(27)26(10-2-1-3-11-26)16-25-22-24-9-12-30-22/h4-7,9,12,14-15H,1-3,8,10-11,13,16H2,(H,24,25)/q+1. The molecule has 2 heterocycles. The summed E-state index contributed by atoms with van der Waals surface area (Å²) in [4.78, 5) is 17.7. The highest BCUT2D eigenvalue weighted by Gasteiger charge is 2.38. The van der Waals surface area contributed by atoms with E-state index < -0.39 is 9.84 Å². The second-order valence-electron chi connectivity index (χ2n) is 7.94. The Kier molecular flexibility index (Phi) is 6.62. The second kappa shape index (κ2) is 9.24. The number of rotatable bonds is 7. The molecule has 0 radical (unpaired) electrons. The third-order valence-corrected chi connectivity index (χ3v) is 8.56. The van der Waals surface area contributed by atoms with Gasteiger partial charge in [0.05, 0.1) is 30.2 Å². The number of halogens is 1. The van der Waals surface area contributed by atoms with Crippen LogP contribution >= 0.6 is 22.9 Å². The van der Waals surface area contributed by atoms with Gasteiger partial charge < -0.3 is 5.32 Å². The van der Waals surface area contributed by atoms with Crippen LogP contribution in [0.5, 0.6) is 0 Å². The molecule has 0 saturated carbocycles. The summed E-state index contributed by atoms with van der Waals surface area (Å²) < 4.78 is 26.2. The molecule has 4 rings (SSSR count). The number of nitrogens with one attached hydrogen (secondary N) is 1. The Morgan fingerprint density at radius 2 is 1.84 bits per heavy atom. The lowest BCUT2D eigenvalue weighted by atomic mass is 10.1. The average Bonchev–Trinajstić information content (AvgIpc) is 3.30. The molecule has 3 aromatic rings. The maximum Gasteiger partial charge on any atom is 0.316 e. The summed E-state index contributed by atoms with van der Waals surface area (Å²) in [6.45, 7) is 1.91. The number of carbonyl (C=O) groups is 1. The van der Waals surface area contributed by atoms with Crippen LogP contribution in [0.1, 0.15) is 25.7 Å². The van der Waals surface area contributed by atoms with Crippen molar-refractivity contribution in [1.29, 1.82) is 0 Å². The number of thiazole rings is 1. The van der Waals surface area contributed by atoms with Gasteiger partial charge in [-0.3, -0.25) is 0 Å². The van der Waals surface area contributed by atoms with Gasteiger partial charge in [0.15, 0.2) is 21.6 Å². The van der Waals surface area contributed by atoms with Crippen LogP contribution in [-0.2, 0) is 14.6 Å². The number of amides is 1. The fourth-order valence-corrected chi connectivity index (χ4v) is 6.07. The molecule has 0 unspecified atom stereocenters. The van der Waals surface area contributed by atoms with Gasteiger partial charge >= 0.3 is 5.91 Å². The minimum Gasteiger partial charge on any atom is -0.314 e. The van der Waals surface area contributed by atoms with E-state index in [1.807, 2.05) is 5.38 Å². The number of carbonyl (C=O) groups excluding carboxylic acids is 1.